The Bertz CT molecular complexity index is 1990. The minimum absolute atomic E-state index is 0.0480. The van der Waals surface area contributed by atoms with Gasteiger partial charge in [-0.1, -0.05) is 39.6 Å². The van der Waals surface area contributed by atoms with Crippen LogP contribution in [-0.4, -0.2) is 37.5 Å². The zero-order valence-corrected chi connectivity index (χ0v) is 22.7. The van der Waals surface area contributed by atoms with Gasteiger partial charge in [0.2, 0.25) is 0 Å². The van der Waals surface area contributed by atoms with E-state index in [1.807, 2.05) is 42.1 Å². The number of aromatic nitrogens is 5. The molecule has 1 fully saturated rings. The van der Waals surface area contributed by atoms with Crippen LogP contribution < -0.4 is 10.9 Å². The molecule has 3 aliphatic rings. The number of pyridine rings is 1. The Morgan fingerprint density at radius 3 is 2.80 bits per heavy atom. The topological polar surface area (TPSA) is 103 Å². The molecule has 3 atom stereocenters. The largest absolute Gasteiger partial charge is 0.370 e. The smallest absolute Gasteiger partial charge is 0.251 e. The molecule has 11 heteroatoms. The van der Waals surface area contributed by atoms with Crippen LogP contribution in [0.5, 0.6) is 0 Å². The van der Waals surface area contributed by atoms with Gasteiger partial charge in [-0.3, -0.25) is 9.79 Å². The highest BCUT2D eigenvalue weighted by Crippen LogP contribution is 2.60. The van der Waals surface area contributed by atoms with E-state index < -0.39 is 0 Å². The van der Waals surface area contributed by atoms with Gasteiger partial charge in [0.25, 0.3) is 5.56 Å². The average Bonchev–Trinajstić information content (AvgIpc) is 3.34. The lowest BCUT2D eigenvalue weighted by molar-refractivity contribution is 0.460. The number of halogens is 2. The van der Waals surface area contributed by atoms with Crippen LogP contribution in [0.15, 0.2) is 75.2 Å². The molecule has 40 heavy (non-hydrogen) atoms. The summed E-state index contributed by atoms with van der Waals surface area (Å²) >= 11 is 12.4. The number of hydrogen-bond donors (Lipinski definition) is 1. The minimum atomic E-state index is -0.0499. The highest BCUT2D eigenvalue weighted by atomic mass is 35.5. The van der Waals surface area contributed by atoms with Gasteiger partial charge in [-0.15, -0.1) is 5.10 Å². The number of hydrogen-bond acceptors (Lipinski definition) is 7. The Morgan fingerprint density at radius 1 is 1.07 bits per heavy atom. The van der Waals surface area contributed by atoms with Gasteiger partial charge in [-0.2, -0.15) is 0 Å². The van der Waals surface area contributed by atoms with Crippen molar-refractivity contribution < 1.29 is 4.52 Å². The van der Waals surface area contributed by atoms with Crippen molar-refractivity contribution in [3.8, 4) is 16.8 Å². The predicted octanol–water partition coefficient (Wildman–Crippen LogP) is 6.13. The van der Waals surface area contributed by atoms with E-state index in [-0.39, 0.29) is 16.8 Å². The second-order valence-electron chi connectivity index (χ2n) is 10.4. The second kappa shape index (κ2) is 8.64. The van der Waals surface area contributed by atoms with Gasteiger partial charge in [-0.25, -0.2) is 4.68 Å². The number of anilines is 1. The van der Waals surface area contributed by atoms with E-state index in [9.17, 15) is 4.79 Å². The molecule has 0 bridgehead atoms. The van der Waals surface area contributed by atoms with Crippen LogP contribution in [-0.2, 0) is 0 Å². The lowest BCUT2D eigenvalue weighted by atomic mass is 9.97. The van der Waals surface area contributed by atoms with Gasteiger partial charge in [0.1, 0.15) is 0 Å². The molecule has 0 radical (unpaired) electrons. The molecule has 0 spiro atoms. The quantitative estimate of drug-likeness (QED) is 0.273. The molecule has 198 valence electrons. The first kappa shape index (κ1) is 23.7. The van der Waals surface area contributed by atoms with E-state index in [1.165, 1.54) is 0 Å². The SMILES string of the molecule is CNc1noc2cc(C3=CN=C([C@@H]4[C@H]5C[C@H]5c5cc(-c6cc(Cl)ccc6-n6cc(Cl)nn6)cc(=O)n54)C3)ccc12. The minimum Gasteiger partial charge on any atom is -0.370 e. The number of benzene rings is 2. The Labute approximate surface area is 237 Å². The average molecular weight is 570 g/mol. The molecule has 0 saturated heterocycles. The summed E-state index contributed by atoms with van der Waals surface area (Å²) in [6, 6.07) is 15.3. The Hall–Kier alpha value is -4.21. The standard InChI is InChI=1S/C29H21Cl2N7O2/c1-32-29-18-4-2-14(8-25(18)40-35-29)16-6-22(33-12-16)28-21-11-20(21)24-7-15(9-27(39)38(24)28)19-10-17(30)3-5-23(19)37-13-26(31)34-36-37/h2-5,7-10,12-13,20-21,28H,6,11H2,1H3,(H,32,35)/t20-,21+,28+/m1/s1. The monoisotopic (exact) mass is 569 g/mol. The Morgan fingerprint density at radius 2 is 1.98 bits per heavy atom. The van der Waals surface area contributed by atoms with Crippen molar-refractivity contribution in [2.45, 2.75) is 24.8 Å². The lowest BCUT2D eigenvalue weighted by Crippen LogP contribution is -2.29. The number of rotatable bonds is 5. The number of allylic oxidation sites excluding steroid dienone is 1. The number of fused-ring (bicyclic) bond motifs is 4. The molecule has 0 amide bonds. The van der Waals surface area contributed by atoms with Gasteiger partial charge >= 0.3 is 0 Å². The fourth-order valence-electron chi connectivity index (χ4n) is 6.25. The van der Waals surface area contributed by atoms with Crippen molar-refractivity contribution in [3.63, 3.8) is 0 Å². The summed E-state index contributed by atoms with van der Waals surface area (Å²) in [4.78, 5) is 18.5. The van der Waals surface area contributed by atoms with Crippen LogP contribution in [0.3, 0.4) is 0 Å². The van der Waals surface area contributed by atoms with Crippen molar-refractivity contribution in [1.82, 2.24) is 24.7 Å². The predicted molar refractivity (Wildman–Crippen MR) is 155 cm³/mol. The van der Waals surface area contributed by atoms with Crippen molar-refractivity contribution in [3.05, 3.63) is 92.7 Å². The van der Waals surface area contributed by atoms with Gasteiger partial charge < -0.3 is 14.4 Å². The third-order valence-electron chi connectivity index (χ3n) is 8.16. The molecule has 5 heterocycles. The Balaban J connectivity index is 1.12. The maximum Gasteiger partial charge on any atom is 0.251 e. The van der Waals surface area contributed by atoms with Gasteiger partial charge in [0.05, 0.1) is 23.3 Å². The fourth-order valence-corrected chi connectivity index (χ4v) is 6.55. The normalized spacial score (nSPS) is 20.8. The molecule has 1 N–H and O–H groups in total. The van der Waals surface area contributed by atoms with Crippen LogP contribution >= 0.6 is 23.2 Å². The van der Waals surface area contributed by atoms with Crippen molar-refractivity contribution >= 4 is 51.3 Å². The molecule has 0 unspecified atom stereocenters. The van der Waals surface area contributed by atoms with Crippen LogP contribution in [0.2, 0.25) is 10.2 Å². The maximum atomic E-state index is 13.7. The molecule has 8 rings (SSSR count). The van der Waals surface area contributed by atoms with E-state index >= 15 is 0 Å². The third-order valence-corrected chi connectivity index (χ3v) is 8.57. The van der Waals surface area contributed by atoms with E-state index in [0.717, 1.165) is 62.6 Å². The Kier molecular flexibility index (Phi) is 5.11. The molecule has 2 aromatic carbocycles. The molecule has 1 saturated carbocycles. The summed E-state index contributed by atoms with van der Waals surface area (Å²) < 4.78 is 9.03. The summed E-state index contributed by atoms with van der Waals surface area (Å²) in [5.41, 5.74) is 7.21. The zero-order chi connectivity index (χ0) is 27.1. The van der Waals surface area contributed by atoms with Crippen LogP contribution in [0.4, 0.5) is 5.82 Å². The first-order chi connectivity index (χ1) is 19.5. The first-order valence-corrected chi connectivity index (χ1v) is 13.7. The summed E-state index contributed by atoms with van der Waals surface area (Å²) in [5.74, 6) is 1.42. The summed E-state index contributed by atoms with van der Waals surface area (Å²) in [6.07, 6.45) is 5.28. The van der Waals surface area contributed by atoms with Crippen molar-refractivity contribution in [2.75, 3.05) is 12.4 Å². The number of aliphatic imine (C=N–C) groups is 1. The molecule has 1 aliphatic carbocycles. The van der Waals surface area contributed by atoms with E-state index in [2.05, 4.69) is 32.9 Å². The fraction of sp³-hybridized carbons (Fsp3) is 0.207. The number of nitrogens with zero attached hydrogens (tertiary/aromatic N) is 6. The van der Waals surface area contributed by atoms with Crippen LogP contribution in [0.25, 0.3) is 33.4 Å². The highest BCUT2D eigenvalue weighted by Gasteiger charge is 2.54. The number of nitrogens with one attached hydrogen (secondary N) is 1. The van der Waals surface area contributed by atoms with Crippen molar-refractivity contribution in [2.24, 2.45) is 10.9 Å². The third kappa shape index (κ3) is 3.58. The van der Waals surface area contributed by atoms with Gasteiger partial charge in [-0.05, 0) is 65.4 Å². The molecule has 2 aliphatic heterocycles. The first-order valence-electron chi connectivity index (χ1n) is 13.0. The van der Waals surface area contributed by atoms with Gasteiger partial charge in [0.15, 0.2) is 16.6 Å². The van der Waals surface area contributed by atoms with Crippen molar-refractivity contribution in [1.29, 1.82) is 0 Å². The molecular formula is C29H21Cl2N7O2. The van der Waals surface area contributed by atoms with Crippen LogP contribution in [0, 0.1) is 5.92 Å². The maximum absolute atomic E-state index is 13.7. The molecular weight excluding hydrogens is 549 g/mol. The van der Waals surface area contributed by atoms with E-state index in [1.54, 1.807) is 23.0 Å². The van der Waals surface area contributed by atoms with E-state index in [4.69, 9.17) is 32.7 Å². The highest BCUT2D eigenvalue weighted by molar-refractivity contribution is 6.31. The summed E-state index contributed by atoms with van der Waals surface area (Å²) in [7, 11) is 1.82. The van der Waals surface area contributed by atoms with E-state index in [0.29, 0.717) is 23.3 Å². The molecule has 5 aromatic rings. The van der Waals surface area contributed by atoms with Gasteiger partial charge in [0, 0.05) is 53.6 Å². The lowest BCUT2D eigenvalue weighted by Gasteiger charge is -2.20. The van der Waals surface area contributed by atoms with Crippen LogP contribution in [0.1, 0.15) is 36.1 Å². The molecule has 9 nitrogen and oxygen atoms in total. The summed E-state index contributed by atoms with van der Waals surface area (Å²) in [5, 5.41) is 16.9. The summed E-state index contributed by atoms with van der Waals surface area (Å²) in [6.45, 7) is 0. The second-order valence-corrected chi connectivity index (χ2v) is 11.2. The zero-order valence-electron chi connectivity index (χ0n) is 21.2. The molecule has 3 aromatic heterocycles.